The third kappa shape index (κ3) is 5.50. The van der Waals surface area contributed by atoms with Crippen molar-refractivity contribution in [2.75, 3.05) is 19.6 Å². The van der Waals surface area contributed by atoms with Crippen molar-refractivity contribution in [1.29, 1.82) is 0 Å². The van der Waals surface area contributed by atoms with Gasteiger partial charge in [-0.1, -0.05) is 0 Å². The summed E-state index contributed by atoms with van der Waals surface area (Å²) in [6.07, 6.45) is 0.329. The van der Waals surface area contributed by atoms with Crippen LogP contribution in [-0.2, 0) is 24.0 Å². The summed E-state index contributed by atoms with van der Waals surface area (Å²) < 4.78 is 0. The monoisotopic (exact) mass is 343 g/mol. The second-order valence-corrected chi connectivity index (χ2v) is 5.30. The average Bonchev–Trinajstić information content (AvgIpc) is 3.00. The van der Waals surface area contributed by atoms with E-state index < -0.39 is 54.6 Å². The van der Waals surface area contributed by atoms with Gasteiger partial charge in [-0.05, 0) is 12.8 Å². The summed E-state index contributed by atoms with van der Waals surface area (Å²) in [6, 6.07) is -2.29. The van der Waals surface area contributed by atoms with Crippen molar-refractivity contribution in [2.24, 2.45) is 11.5 Å². The highest BCUT2D eigenvalue weighted by Gasteiger charge is 2.38. The number of aliphatic carboxylic acids is 1. The molecule has 0 aromatic carbocycles. The molecule has 1 rings (SSSR count). The minimum Gasteiger partial charge on any atom is -0.480 e. The van der Waals surface area contributed by atoms with Crippen LogP contribution in [-0.4, -0.2) is 71.3 Å². The zero-order valence-corrected chi connectivity index (χ0v) is 13.0. The lowest BCUT2D eigenvalue weighted by Crippen LogP contribution is -2.54. The molecule has 0 bridgehead atoms. The highest BCUT2D eigenvalue weighted by molar-refractivity contribution is 5.95. The molecule has 0 saturated carbocycles. The SMILES string of the molecule is NCC(=O)NCC(=O)NC(CC(N)=O)C(=O)N1CCCC1C(=O)O. The molecule has 11 nitrogen and oxygen atoms in total. The van der Waals surface area contributed by atoms with E-state index in [2.05, 4.69) is 10.6 Å². The lowest BCUT2D eigenvalue weighted by molar-refractivity contribution is -0.149. The first-order valence-corrected chi connectivity index (χ1v) is 7.34. The summed E-state index contributed by atoms with van der Waals surface area (Å²) in [5, 5.41) is 13.6. The molecular weight excluding hydrogens is 322 g/mol. The number of hydrogen-bond donors (Lipinski definition) is 5. The van der Waals surface area contributed by atoms with Gasteiger partial charge in [-0.25, -0.2) is 4.79 Å². The molecule has 134 valence electrons. The van der Waals surface area contributed by atoms with Crippen LogP contribution in [0, 0.1) is 0 Å². The Labute approximate surface area is 137 Å². The first kappa shape index (κ1) is 19.4. The first-order valence-electron chi connectivity index (χ1n) is 7.34. The molecule has 1 aliphatic heterocycles. The Morgan fingerprint density at radius 1 is 1.21 bits per heavy atom. The normalized spacial score (nSPS) is 17.9. The van der Waals surface area contributed by atoms with Crippen molar-refractivity contribution >= 4 is 29.6 Å². The molecule has 1 saturated heterocycles. The van der Waals surface area contributed by atoms with Crippen molar-refractivity contribution < 1.29 is 29.1 Å². The third-order valence-electron chi connectivity index (χ3n) is 3.49. The molecule has 0 aliphatic carbocycles. The fourth-order valence-corrected chi connectivity index (χ4v) is 2.39. The van der Waals surface area contributed by atoms with Crippen molar-refractivity contribution in [2.45, 2.75) is 31.3 Å². The smallest absolute Gasteiger partial charge is 0.326 e. The van der Waals surface area contributed by atoms with Gasteiger partial charge < -0.3 is 32.1 Å². The molecule has 2 unspecified atom stereocenters. The average molecular weight is 343 g/mol. The number of amides is 4. The van der Waals surface area contributed by atoms with Gasteiger partial charge in [0.05, 0.1) is 19.5 Å². The molecule has 0 aromatic heterocycles. The minimum absolute atomic E-state index is 0.213. The second kappa shape index (κ2) is 8.82. The summed E-state index contributed by atoms with van der Waals surface area (Å²) in [7, 11) is 0. The van der Waals surface area contributed by atoms with E-state index in [0.717, 1.165) is 4.90 Å². The Hall–Kier alpha value is -2.69. The van der Waals surface area contributed by atoms with E-state index in [0.29, 0.717) is 12.8 Å². The summed E-state index contributed by atoms with van der Waals surface area (Å²) in [5.74, 6) is -3.96. The van der Waals surface area contributed by atoms with Crippen molar-refractivity contribution in [1.82, 2.24) is 15.5 Å². The molecule has 4 amide bonds. The molecule has 1 fully saturated rings. The molecular formula is C13H21N5O6. The third-order valence-corrected chi connectivity index (χ3v) is 3.49. The van der Waals surface area contributed by atoms with Crippen LogP contribution in [0.4, 0.5) is 0 Å². The number of carbonyl (C=O) groups is 5. The van der Waals surface area contributed by atoms with Gasteiger partial charge in [-0.2, -0.15) is 0 Å². The number of carboxylic acid groups (broad SMARTS) is 1. The minimum atomic E-state index is -1.29. The summed E-state index contributed by atoms with van der Waals surface area (Å²) in [5.41, 5.74) is 10.2. The Morgan fingerprint density at radius 3 is 2.42 bits per heavy atom. The van der Waals surface area contributed by atoms with Gasteiger partial charge in [0.25, 0.3) is 0 Å². The lowest BCUT2D eigenvalue weighted by Gasteiger charge is -2.26. The van der Waals surface area contributed by atoms with E-state index in [1.54, 1.807) is 0 Å². The van der Waals surface area contributed by atoms with Gasteiger partial charge >= 0.3 is 5.97 Å². The number of nitrogens with two attached hydrogens (primary N) is 2. The lowest BCUT2D eigenvalue weighted by atomic mass is 10.1. The van der Waals surface area contributed by atoms with Gasteiger partial charge in [0.1, 0.15) is 12.1 Å². The van der Waals surface area contributed by atoms with E-state index in [-0.39, 0.29) is 13.1 Å². The fraction of sp³-hybridized carbons (Fsp3) is 0.615. The largest absolute Gasteiger partial charge is 0.480 e. The predicted molar refractivity (Wildman–Crippen MR) is 80.2 cm³/mol. The van der Waals surface area contributed by atoms with Crippen molar-refractivity contribution in [3.8, 4) is 0 Å². The Balaban J connectivity index is 2.75. The molecule has 1 heterocycles. The quantitative estimate of drug-likeness (QED) is 0.302. The van der Waals surface area contributed by atoms with E-state index in [4.69, 9.17) is 16.6 Å². The molecule has 24 heavy (non-hydrogen) atoms. The summed E-state index contributed by atoms with van der Waals surface area (Å²) >= 11 is 0. The standard InChI is InChI=1S/C13H21N5O6/c14-5-10(20)16-6-11(21)17-7(4-9(15)19)12(22)18-3-1-2-8(18)13(23)24/h7-8H,1-6,14H2,(H2,15,19)(H,16,20)(H,17,21)(H,23,24). The maximum Gasteiger partial charge on any atom is 0.326 e. The van der Waals surface area contributed by atoms with Crippen LogP contribution in [0.3, 0.4) is 0 Å². The predicted octanol–water partition coefficient (Wildman–Crippen LogP) is -3.50. The van der Waals surface area contributed by atoms with Crippen LogP contribution in [0.2, 0.25) is 0 Å². The van der Waals surface area contributed by atoms with Gasteiger partial charge in [-0.15, -0.1) is 0 Å². The van der Waals surface area contributed by atoms with Crippen LogP contribution < -0.4 is 22.1 Å². The van der Waals surface area contributed by atoms with Crippen LogP contribution in [0.1, 0.15) is 19.3 Å². The van der Waals surface area contributed by atoms with Gasteiger partial charge in [0.2, 0.25) is 23.6 Å². The van der Waals surface area contributed by atoms with Crippen LogP contribution in [0.25, 0.3) is 0 Å². The topological polar surface area (TPSA) is 185 Å². The van der Waals surface area contributed by atoms with E-state index in [9.17, 15) is 24.0 Å². The number of nitrogens with one attached hydrogen (secondary N) is 2. The molecule has 11 heteroatoms. The molecule has 2 atom stereocenters. The number of nitrogens with zero attached hydrogens (tertiary/aromatic N) is 1. The molecule has 7 N–H and O–H groups in total. The van der Waals surface area contributed by atoms with E-state index in [1.165, 1.54) is 0 Å². The van der Waals surface area contributed by atoms with Crippen LogP contribution in [0.15, 0.2) is 0 Å². The number of likely N-dealkylation sites (tertiary alicyclic amines) is 1. The van der Waals surface area contributed by atoms with Crippen LogP contribution >= 0.6 is 0 Å². The first-order chi connectivity index (χ1) is 11.3. The number of carbonyl (C=O) groups excluding carboxylic acids is 4. The van der Waals surface area contributed by atoms with Crippen molar-refractivity contribution in [3.63, 3.8) is 0 Å². The number of hydrogen-bond acceptors (Lipinski definition) is 6. The number of rotatable bonds is 8. The zero-order valence-electron chi connectivity index (χ0n) is 13.0. The van der Waals surface area contributed by atoms with E-state index in [1.807, 2.05) is 0 Å². The molecule has 0 radical (unpaired) electrons. The van der Waals surface area contributed by atoms with Gasteiger partial charge in [-0.3, -0.25) is 19.2 Å². The fourth-order valence-electron chi connectivity index (χ4n) is 2.39. The van der Waals surface area contributed by atoms with Gasteiger partial charge in [0, 0.05) is 6.54 Å². The molecule has 0 aromatic rings. The highest BCUT2D eigenvalue weighted by Crippen LogP contribution is 2.19. The zero-order chi connectivity index (χ0) is 18.3. The Kier molecular flexibility index (Phi) is 7.11. The highest BCUT2D eigenvalue weighted by atomic mass is 16.4. The summed E-state index contributed by atoms with van der Waals surface area (Å²) in [6.45, 7) is -0.517. The van der Waals surface area contributed by atoms with Crippen molar-refractivity contribution in [3.05, 3.63) is 0 Å². The van der Waals surface area contributed by atoms with Crippen LogP contribution in [0.5, 0.6) is 0 Å². The molecule has 1 aliphatic rings. The van der Waals surface area contributed by atoms with Gasteiger partial charge in [0.15, 0.2) is 0 Å². The number of carboxylic acids is 1. The Morgan fingerprint density at radius 2 is 1.88 bits per heavy atom. The molecule has 0 spiro atoms. The maximum absolute atomic E-state index is 12.5. The Bertz CT molecular complexity index is 537. The summed E-state index contributed by atoms with van der Waals surface area (Å²) in [4.78, 5) is 58.7. The van der Waals surface area contributed by atoms with E-state index >= 15 is 0 Å². The number of primary amides is 1. The second-order valence-electron chi connectivity index (χ2n) is 5.30. The maximum atomic E-state index is 12.5.